The van der Waals surface area contributed by atoms with E-state index in [0.717, 1.165) is 23.4 Å². The van der Waals surface area contributed by atoms with E-state index in [1.807, 2.05) is 0 Å². The smallest absolute Gasteiger partial charge is 0.280 e. The monoisotopic (exact) mass is 518 g/mol. The number of amides is 1. The van der Waals surface area contributed by atoms with Gasteiger partial charge in [0.1, 0.15) is 5.69 Å². The van der Waals surface area contributed by atoms with Gasteiger partial charge in [-0.15, -0.1) is 11.3 Å². The summed E-state index contributed by atoms with van der Waals surface area (Å²) < 4.78 is 32.1. The van der Waals surface area contributed by atoms with Gasteiger partial charge in [0.25, 0.3) is 5.91 Å². The van der Waals surface area contributed by atoms with E-state index in [-0.39, 0.29) is 16.7 Å². The number of hydrogen-bond donors (Lipinski definition) is 2. The molecule has 3 rings (SSSR count). The van der Waals surface area contributed by atoms with Crippen LogP contribution in [-0.2, 0) is 21.2 Å². The first-order valence-electron chi connectivity index (χ1n) is 11.4. The average molecular weight is 519 g/mol. The molecule has 0 aliphatic heterocycles. The number of carbonyl (C=O) groups is 1. The van der Waals surface area contributed by atoms with Crippen LogP contribution >= 0.6 is 11.3 Å². The predicted octanol–water partition coefficient (Wildman–Crippen LogP) is 3.61. The van der Waals surface area contributed by atoms with Crippen molar-refractivity contribution in [3.63, 3.8) is 0 Å². The first-order chi connectivity index (χ1) is 16.8. The van der Waals surface area contributed by atoms with E-state index in [9.17, 15) is 13.2 Å². The SMILES string of the molecule is CCCc1cncc(-c2cnc(C(=O)NC(CCOC)c3cc(NS(=O)(=O)CCC)ccn3)s2)n1. The summed E-state index contributed by atoms with van der Waals surface area (Å²) in [5.41, 5.74) is 2.48. The standard InChI is InChI=1S/C23H30N6O4S2/c1-4-6-17-13-24-14-20(27-17)21-15-26-23(34-21)22(30)28-18(8-10-33-3)19-12-16(7-9-25-19)29-35(31,32)11-5-2/h7,9,12-15,18H,4-6,8,10-11H2,1-3H3,(H,25,29)(H,28,30). The van der Waals surface area contributed by atoms with E-state index in [0.29, 0.717) is 36.5 Å². The fourth-order valence-corrected chi connectivity index (χ4v) is 5.25. The van der Waals surface area contributed by atoms with Crippen LogP contribution in [0.25, 0.3) is 10.6 Å². The third-order valence-electron chi connectivity index (χ3n) is 4.94. The third kappa shape index (κ3) is 7.77. The highest BCUT2D eigenvalue weighted by molar-refractivity contribution is 7.92. The van der Waals surface area contributed by atoms with Crippen molar-refractivity contribution in [1.82, 2.24) is 25.3 Å². The molecule has 10 nitrogen and oxygen atoms in total. The number of hydrogen-bond acceptors (Lipinski definition) is 9. The molecule has 2 N–H and O–H groups in total. The van der Waals surface area contributed by atoms with Crippen molar-refractivity contribution >= 4 is 33.0 Å². The fourth-order valence-electron chi connectivity index (χ4n) is 3.35. The van der Waals surface area contributed by atoms with Crippen molar-refractivity contribution in [2.45, 2.75) is 45.6 Å². The van der Waals surface area contributed by atoms with Crippen LogP contribution in [0.5, 0.6) is 0 Å². The number of anilines is 1. The Morgan fingerprint density at radius 2 is 2.00 bits per heavy atom. The van der Waals surface area contributed by atoms with Gasteiger partial charge in [-0.25, -0.2) is 18.4 Å². The van der Waals surface area contributed by atoms with Gasteiger partial charge < -0.3 is 10.1 Å². The van der Waals surface area contributed by atoms with Gasteiger partial charge in [-0.05, 0) is 31.4 Å². The summed E-state index contributed by atoms with van der Waals surface area (Å²) in [6.07, 6.45) is 9.27. The Morgan fingerprint density at radius 3 is 2.74 bits per heavy atom. The van der Waals surface area contributed by atoms with Crippen molar-refractivity contribution in [2.24, 2.45) is 0 Å². The number of ether oxygens (including phenoxy) is 1. The molecule has 0 aliphatic rings. The fraction of sp³-hybridized carbons (Fsp3) is 0.435. The lowest BCUT2D eigenvalue weighted by Gasteiger charge is -2.18. The Morgan fingerprint density at radius 1 is 1.17 bits per heavy atom. The minimum absolute atomic E-state index is 0.0204. The van der Waals surface area contributed by atoms with Gasteiger partial charge in [0.05, 0.1) is 39.9 Å². The van der Waals surface area contributed by atoms with Gasteiger partial charge >= 0.3 is 0 Å². The van der Waals surface area contributed by atoms with Gasteiger partial charge in [0, 0.05) is 32.3 Å². The van der Waals surface area contributed by atoms with Crippen LogP contribution in [0.3, 0.4) is 0 Å². The number of sulfonamides is 1. The second kappa shape index (κ2) is 12.7. The molecule has 1 unspecified atom stereocenters. The van der Waals surface area contributed by atoms with Crippen LogP contribution in [-0.4, -0.2) is 53.7 Å². The Bertz CT molecular complexity index is 1230. The first-order valence-corrected chi connectivity index (χ1v) is 13.9. The van der Waals surface area contributed by atoms with Crippen LogP contribution in [0.15, 0.2) is 36.9 Å². The number of nitrogens with one attached hydrogen (secondary N) is 2. The second-order valence-corrected chi connectivity index (χ2v) is 10.7. The zero-order valence-electron chi connectivity index (χ0n) is 20.0. The van der Waals surface area contributed by atoms with Gasteiger partial charge in [-0.1, -0.05) is 20.3 Å². The summed E-state index contributed by atoms with van der Waals surface area (Å²) in [5, 5.41) is 3.23. The summed E-state index contributed by atoms with van der Waals surface area (Å²) in [4.78, 5) is 31.3. The lowest BCUT2D eigenvalue weighted by atomic mass is 10.1. The summed E-state index contributed by atoms with van der Waals surface area (Å²) in [7, 11) is -1.88. The molecule has 1 amide bonds. The first kappa shape index (κ1) is 26.6. The quantitative estimate of drug-likeness (QED) is 0.350. The molecular formula is C23H30N6O4S2. The summed E-state index contributed by atoms with van der Waals surface area (Å²) in [6.45, 7) is 4.25. The van der Waals surface area contributed by atoms with Gasteiger partial charge in [0.15, 0.2) is 5.01 Å². The lowest BCUT2D eigenvalue weighted by molar-refractivity contribution is 0.0923. The van der Waals surface area contributed by atoms with Crippen molar-refractivity contribution in [3.8, 4) is 10.6 Å². The zero-order chi connectivity index (χ0) is 25.3. The number of rotatable bonds is 13. The van der Waals surface area contributed by atoms with E-state index in [1.54, 1.807) is 44.8 Å². The maximum absolute atomic E-state index is 13.0. The zero-order valence-corrected chi connectivity index (χ0v) is 21.7. The number of thiazole rings is 1. The molecule has 12 heteroatoms. The molecule has 35 heavy (non-hydrogen) atoms. The number of aryl methyl sites for hydroxylation is 1. The van der Waals surface area contributed by atoms with E-state index >= 15 is 0 Å². The molecular weight excluding hydrogens is 488 g/mol. The minimum Gasteiger partial charge on any atom is -0.385 e. The Labute approximate surface area is 209 Å². The Kier molecular flexibility index (Phi) is 9.64. The Balaban J connectivity index is 1.78. The Hall–Kier alpha value is -2.96. The predicted molar refractivity (Wildman–Crippen MR) is 136 cm³/mol. The van der Waals surface area contributed by atoms with Crippen molar-refractivity contribution in [3.05, 3.63) is 53.3 Å². The normalized spacial score (nSPS) is 12.3. The van der Waals surface area contributed by atoms with Gasteiger partial charge in [-0.2, -0.15) is 0 Å². The number of methoxy groups -OCH3 is 1. The van der Waals surface area contributed by atoms with E-state index in [1.165, 1.54) is 17.5 Å². The van der Waals surface area contributed by atoms with Crippen molar-refractivity contribution in [1.29, 1.82) is 0 Å². The molecule has 188 valence electrons. The number of nitrogens with zero attached hydrogens (tertiary/aromatic N) is 4. The molecule has 3 heterocycles. The molecule has 0 spiro atoms. The summed E-state index contributed by atoms with van der Waals surface area (Å²) in [5.74, 6) is -0.342. The average Bonchev–Trinajstić information content (AvgIpc) is 3.32. The highest BCUT2D eigenvalue weighted by atomic mass is 32.2. The largest absolute Gasteiger partial charge is 0.385 e. The molecule has 0 bridgehead atoms. The summed E-state index contributed by atoms with van der Waals surface area (Å²) in [6, 6.07) is 2.70. The molecule has 0 saturated carbocycles. The van der Waals surface area contributed by atoms with Crippen LogP contribution < -0.4 is 10.0 Å². The molecule has 3 aromatic heterocycles. The van der Waals surface area contributed by atoms with E-state index < -0.39 is 16.1 Å². The van der Waals surface area contributed by atoms with Gasteiger partial charge in [0.2, 0.25) is 10.0 Å². The van der Waals surface area contributed by atoms with Gasteiger partial charge in [-0.3, -0.25) is 19.5 Å². The summed E-state index contributed by atoms with van der Waals surface area (Å²) >= 11 is 1.23. The van der Waals surface area contributed by atoms with Crippen LogP contribution in [0.1, 0.15) is 60.3 Å². The molecule has 0 radical (unpaired) electrons. The van der Waals surface area contributed by atoms with Crippen LogP contribution in [0.2, 0.25) is 0 Å². The topological polar surface area (TPSA) is 136 Å². The molecule has 1 atom stereocenters. The highest BCUT2D eigenvalue weighted by Gasteiger charge is 2.21. The molecule has 3 aromatic rings. The van der Waals surface area contributed by atoms with Crippen molar-refractivity contribution < 1.29 is 17.9 Å². The van der Waals surface area contributed by atoms with E-state index in [4.69, 9.17) is 4.74 Å². The van der Waals surface area contributed by atoms with Crippen LogP contribution in [0.4, 0.5) is 5.69 Å². The minimum atomic E-state index is -3.45. The number of aromatic nitrogens is 4. The lowest BCUT2D eigenvalue weighted by Crippen LogP contribution is -2.30. The molecule has 0 fully saturated rings. The van der Waals surface area contributed by atoms with E-state index in [2.05, 4.69) is 36.9 Å². The highest BCUT2D eigenvalue weighted by Crippen LogP contribution is 2.26. The maximum atomic E-state index is 13.0. The number of pyridine rings is 1. The third-order valence-corrected chi connectivity index (χ3v) is 7.45. The molecule has 0 saturated heterocycles. The van der Waals surface area contributed by atoms with Crippen LogP contribution in [0, 0.1) is 0 Å². The van der Waals surface area contributed by atoms with Crippen molar-refractivity contribution in [2.75, 3.05) is 24.2 Å². The molecule has 0 aliphatic carbocycles. The second-order valence-electron chi connectivity index (χ2n) is 7.87. The number of carbonyl (C=O) groups excluding carboxylic acids is 1. The maximum Gasteiger partial charge on any atom is 0.280 e. The molecule has 0 aromatic carbocycles.